The van der Waals surface area contributed by atoms with Crippen LogP contribution >= 0.6 is 23.7 Å². The van der Waals surface area contributed by atoms with Gasteiger partial charge in [-0.15, -0.1) is 23.7 Å². The van der Waals surface area contributed by atoms with E-state index >= 15 is 0 Å². The summed E-state index contributed by atoms with van der Waals surface area (Å²) in [7, 11) is 0. The van der Waals surface area contributed by atoms with Gasteiger partial charge in [-0.05, 0) is 11.6 Å². The molecule has 118 valence electrons. The SMILES string of the molecule is Cl.NC(=O)c1csc(CN2C[C@@H](N)[C@H](c3ccccc3)C2)c1. The number of carbonyl (C=O) groups excluding carboxylic acids is 1. The van der Waals surface area contributed by atoms with Gasteiger partial charge in [-0.3, -0.25) is 9.69 Å². The summed E-state index contributed by atoms with van der Waals surface area (Å²) in [5.41, 5.74) is 13.5. The highest BCUT2D eigenvalue weighted by Gasteiger charge is 2.31. The second-order valence-electron chi connectivity index (χ2n) is 5.54. The number of hydrogen-bond donors (Lipinski definition) is 2. The van der Waals surface area contributed by atoms with Crippen LogP contribution in [-0.2, 0) is 6.54 Å². The molecule has 3 rings (SSSR count). The summed E-state index contributed by atoms with van der Waals surface area (Å²) in [6, 6.07) is 12.5. The summed E-state index contributed by atoms with van der Waals surface area (Å²) in [4.78, 5) is 14.6. The van der Waals surface area contributed by atoms with E-state index in [9.17, 15) is 4.79 Å². The number of thiophene rings is 1. The van der Waals surface area contributed by atoms with Crippen molar-refractivity contribution >= 4 is 29.7 Å². The van der Waals surface area contributed by atoms with Gasteiger partial charge < -0.3 is 11.5 Å². The fourth-order valence-corrected chi connectivity index (χ4v) is 3.82. The Bertz CT molecular complexity index is 631. The maximum atomic E-state index is 11.1. The molecule has 1 aromatic heterocycles. The average Bonchev–Trinajstić information content (AvgIpc) is 3.07. The molecule has 2 atom stereocenters. The molecule has 1 aromatic carbocycles. The molecule has 1 fully saturated rings. The first kappa shape index (κ1) is 17.0. The molecular formula is C16H20ClN3OS. The van der Waals surface area contributed by atoms with Crippen molar-refractivity contribution in [3.05, 3.63) is 57.8 Å². The second kappa shape index (κ2) is 7.24. The number of primary amides is 1. The van der Waals surface area contributed by atoms with Crippen LogP contribution in [0.4, 0.5) is 0 Å². The number of hydrogen-bond acceptors (Lipinski definition) is 4. The Morgan fingerprint density at radius 3 is 2.64 bits per heavy atom. The van der Waals surface area contributed by atoms with Crippen LogP contribution in [0, 0.1) is 0 Å². The molecule has 6 heteroatoms. The van der Waals surface area contributed by atoms with E-state index in [4.69, 9.17) is 11.5 Å². The lowest BCUT2D eigenvalue weighted by atomic mass is 9.95. The van der Waals surface area contributed by atoms with Crippen molar-refractivity contribution in [3.8, 4) is 0 Å². The summed E-state index contributed by atoms with van der Waals surface area (Å²) in [5.74, 6) is 0.0135. The van der Waals surface area contributed by atoms with E-state index in [2.05, 4.69) is 29.2 Å². The molecule has 0 saturated carbocycles. The molecular weight excluding hydrogens is 318 g/mol. The van der Waals surface area contributed by atoms with E-state index in [1.807, 2.05) is 17.5 Å². The highest BCUT2D eigenvalue weighted by atomic mass is 35.5. The van der Waals surface area contributed by atoms with Crippen LogP contribution in [0.25, 0.3) is 0 Å². The third-order valence-corrected chi connectivity index (χ3v) is 4.91. The Morgan fingerprint density at radius 2 is 2.00 bits per heavy atom. The van der Waals surface area contributed by atoms with Crippen LogP contribution < -0.4 is 11.5 Å². The van der Waals surface area contributed by atoms with Gasteiger partial charge in [-0.1, -0.05) is 30.3 Å². The van der Waals surface area contributed by atoms with E-state index in [1.54, 1.807) is 11.3 Å². The highest BCUT2D eigenvalue weighted by molar-refractivity contribution is 7.10. The molecule has 0 bridgehead atoms. The Morgan fingerprint density at radius 1 is 1.27 bits per heavy atom. The smallest absolute Gasteiger partial charge is 0.249 e. The molecule has 1 aliphatic rings. The third-order valence-electron chi connectivity index (χ3n) is 3.99. The van der Waals surface area contributed by atoms with Crippen LogP contribution in [0.2, 0.25) is 0 Å². The Balaban J connectivity index is 0.00000176. The molecule has 22 heavy (non-hydrogen) atoms. The van der Waals surface area contributed by atoms with Gasteiger partial charge in [0.25, 0.3) is 0 Å². The van der Waals surface area contributed by atoms with Gasteiger partial charge in [0.15, 0.2) is 0 Å². The van der Waals surface area contributed by atoms with Gasteiger partial charge in [0.05, 0.1) is 5.56 Å². The molecule has 0 aliphatic carbocycles. The van der Waals surface area contributed by atoms with Gasteiger partial charge in [-0.2, -0.15) is 0 Å². The van der Waals surface area contributed by atoms with Crippen LogP contribution in [0.15, 0.2) is 41.8 Å². The lowest BCUT2D eigenvalue weighted by molar-refractivity contribution is 0.100. The number of nitrogens with zero attached hydrogens (tertiary/aromatic N) is 1. The zero-order valence-electron chi connectivity index (χ0n) is 12.1. The summed E-state index contributed by atoms with van der Waals surface area (Å²) in [5, 5.41) is 1.82. The number of carbonyl (C=O) groups is 1. The van der Waals surface area contributed by atoms with E-state index in [1.165, 1.54) is 5.56 Å². The fourth-order valence-electron chi connectivity index (χ4n) is 2.91. The van der Waals surface area contributed by atoms with Crippen molar-refractivity contribution in [2.75, 3.05) is 13.1 Å². The summed E-state index contributed by atoms with van der Waals surface area (Å²) < 4.78 is 0. The first-order valence-electron chi connectivity index (χ1n) is 7.03. The van der Waals surface area contributed by atoms with Crippen LogP contribution in [0.1, 0.15) is 26.7 Å². The zero-order chi connectivity index (χ0) is 14.8. The van der Waals surface area contributed by atoms with Crippen molar-refractivity contribution in [1.82, 2.24) is 4.90 Å². The molecule has 0 radical (unpaired) electrons. The normalized spacial score (nSPS) is 21.5. The Kier molecular flexibility index (Phi) is 5.58. The molecule has 1 saturated heterocycles. The molecule has 4 nitrogen and oxygen atoms in total. The number of halogens is 1. The molecule has 4 N–H and O–H groups in total. The molecule has 2 aromatic rings. The molecule has 0 unspecified atom stereocenters. The molecule has 2 heterocycles. The Labute approximate surface area is 140 Å². The number of rotatable bonds is 4. The lowest BCUT2D eigenvalue weighted by Crippen LogP contribution is -2.28. The fraction of sp³-hybridized carbons (Fsp3) is 0.312. The topological polar surface area (TPSA) is 72.4 Å². The number of nitrogens with two attached hydrogens (primary N) is 2. The monoisotopic (exact) mass is 337 g/mol. The van der Waals surface area contributed by atoms with Crippen molar-refractivity contribution in [1.29, 1.82) is 0 Å². The van der Waals surface area contributed by atoms with Crippen LogP contribution in [0.3, 0.4) is 0 Å². The predicted octanol–water partition coefficient (Wildman–Crippen LogP) is 2.20. The van der Waals surface area contributed by atoms with Gasteiger partial charge in [0.1, 0.15) is 0 Å². The minimum atomic E-state index is -0.363. The summed E-state index contributed by atoms with van der Waals surface area (Å²) >= 11 is 1.58. The maximum Gasteiger partial charge on any atom is 0.249 e. The Hall–Kier alpha value is -1.40. The third kappa shape index (κ3) is 3.67. The van der Waals surface area contributed by atoms with E-state index in [-0.39, 0.29) is 24.4 Å². The minimum Gasteiger partial charge on any atom is -0.366 e. The maximum absolute atomic E-state index is 11.1. The zero-order valence-corrected chi connectivity index (χ0v) is 13.8. The van der Waals surface area contributed by atoms with E-state index in [0.717, 1.165) is 24.5 Å². The second-order valence-corrected chi connectivity index (χ2v) is 6.54. The van der Waals surface area contributed by atoms with Gasteiger partial charge >= 0.3 is 0 Å². The average molecular weight is 338 g/mol. The van der Waals surface area contributed by atoms with Gasteiger partial charge in [0, 0.05) is 41.9 Å². The first-order valence-corrected chi connectivity index (χ1v) is 7.91. The van der Waals surface area contributed by atoms with Crippen LogP contribution in [0.5, 0.6) is 0 Å². The largest absolute Gasteiger partial charge is 0.366 e. The standard InChI is InChI=1S/C16H19N3OS.ClH/c17-15-9-19(7-13-6-12(10-21-13)16(18)20)8-14(15)11-4-2-1-3-5-11;/h1-6,10,14-15H,7-9,17H2,(H2,18,20);1H/t14-,15+;/m0./s1. The molecule has 1 aliphatic heterocycles. The lowest BCUT2D eigenvalue weighted by Gasteiger charge is -2.15. The molecule has 1 amide bonds. The van der Waals surface area contributed by atoms with Crippen molar-refractivity contribution in [2.24, 2.45) is 11.5 Å². The van der Waals surface area contributed by atoms with Crippen LogP contribution in [-0.4, -0.2) is 29.9 Å². The molecule has 0 spiro atoms. The first-order chi connectivity index (χ1) is 10.1. The van der Waals surface area contributed by atoms with Crippen molar-refractivity contribution < 1.29 is 4.79 Å². The van der Waals surface area contributed by atoms with E-state index < -0.39 is 0 Å². The van der Waals surface area contributed by atoms with Gasteiger partial charge in [-0.25, -0.2) is 0 Å². The van der Waals surface area contributed by atoms with Gasteiger partial charge in [0.2, 0.25) is 5.91 Å². The summed E-state index contributed by atoms with van der Waals surface area (Å²) in [6.07, 6.45) is 0. The number of benzene rings is 1. The van der Waals surface area contributed by atoms with Crippen molar-refractivity contribution in [3.63, 3.8) is 0 Å². The summed E-state index contributed by atoms with van der Waals surface area (Å²) in [6.45, 7) is 2.66. The minimum absolute atomic E-state index is 0. The quantitative estimate of drug-likeness (QED) is 0.898. The highest BCUT2D eigenvalue weighted by Crippen LogP contribution is 2.28. The predicted molar refractivity (Wildman–Crippen MR) is 92.5 cm³/mol. The van der Waals surface area contributed by atoms with E-state index in [0.29, 0.717) is 11.5 Å². The van der Waals surface area contributed by atoms with Crippen molar-refractivity contribution in [2.45, 2.75) is 18.5 Å². The number of likely N-dealkylation sites (tertiary alicyclic amines) is 1. The number of amides is 1.